The fraction of sp³-hybridized carbons (Fsp3) is 0.419. The maximum absolute atomic E-state index is 13.3. The molecule has 16 heteroatoms. The highest BCUT2D eigenvalue weighted by atomic mass is 35.5. The predicted octanol–water partition coefficient (Wildman–Crippen LogP) is 6.00. The minimum Gasteiger partial charge on any atom is -0.434 e. The van der Waals surface area contributed by atoms with E-state index in [1.807, 2.05) is 48.5 Å². The molecule has 0 fully saturated rings. The second-order valence-electron chi connectivity index (χ2n) is 10.7. The Labute approximate surface area is 276 Å². The van der Waals surface area contributed by atoms with Crippen molar-refractivity contribution in [2.45, 2.75) is 78.2 Å². The molecule has 2 atom stereocenters. The molecule has 4 aromatic rings. The topological polar surface area (TPSA) is 187 Å². The first-order valence-electron chi connectivity index (χ1n) is 15.2. The summed E-state index contributed by atoms with van der Waals surface area (Å²) in [5, 5.41) is 31.3. The van der Waals surface area contributed by atoms with Gasteiger partial charge >= 0.3 is 12.1 Å². The number of carbonyl (C=O) groups excluding carboxylic acids is 2. The summed E-state index contributed by atoms with van der Waals surface area (Å²) in [7, 11) is 0. The molecule has 0 saturated carbocycles. The molecule has 0 amide bonds. The number of H-pyrrole nitrogens is 1. The van der Waals surface area contributed by atoms with E-state index in [0.29, 0.717) is 43.9 Å². The molecule has 0 aliphatic carbocycles. The van der Waals surface area contributed by atoms with Crippen LogP contribution in [0.15, 0.2) is 48.5 Å². The highest BCUT2D eigenvalue weighted by Gasteiger charge is 2.26. The smallest absolute Gasteiger partial charge is 0.434 e. The van der Waals surface area contributed by atoms with Crippen LogP contribution in [0.5, 0.6) is 0 Å². The maximum atomic E-state index is 13.3. The molecule has 15 nitrogen and oxygen atoms in total. The van der Waals surface area contributed by atoms with E-state index in [0.717, 1.165) is 35.1 Å². The molecular formula is C31H38ClN7O8. The number of carbonyl (C=O) groups is 2. The Balaban J connectivity index is 1.40. The van der Waals surface area contributed by atoms with Crippen molar-refractivity contribution < 1.29 is 39.1 Å². The van der Waals surface area contributed by atoms with Crippen LogP contribution in [0, 0.1) is 0 Å². The van der Waals surface area contributed by atoms with Crippen LogP contribution in [-0.4, -0.2) is 77.1 Å². The lowest BCUT2D eigenvalue weighted by molar-refractivity contribution is -0.503. The van der Waals surface area contributed by atoms with Gasteiger partial charge in [-0.15, -0.1) is 10.2 Å². The Hall–Kier alpha value is -4.41. The van der Waals surface area contributed by atoms with Crippen molar-refractivity contribution in [3.63, 3.8) is 0 Å². The normalized spacial score (nSPS) is 12.6. The number of imidazole rings is 1. The average molecular weight is 672 g/mol. The van der Waals surface area contributed by atoms with Crippen molar-refractivity contribution in [1.82, 2.24) is 35.6 Å². The number of benzene rings is 2. The van der Waals surface area contributed by atoms with Crippen LogP contribution in [0.4, 0.5) is 4.79 Å². The van der Waals surface area contributed by atoms with Crippen molar-refractivity contribution in [1.29, 1.82) is 0 Å². The van der Waals surface area contributed by atoms with E-state index >= 15 is 0 Å². The van der Waals surface area contributed by atoms with Gasteiger partial charge in [0.2, 0.25) is 12.1 Å². The Morgan fingerprint density at radius 1 is 1.02 bits per heavy atom. The quantitative estimate of drug-likeness (QED) is 0.0514. The number of aromatic nitrogens is 6. The van der Waals surface area contributed by atoms with Crippen molar-refractivity contribution in [2.24, 2.45) is 0 Å². The first-order valence-corrected chi connectivity index (χ1v) is 15.6. The molecule has 0 aliphatic heterocycles. The number of nitrogens with one attached hydrogen (secondary N) is 1. The van der Waals surface area contributed by atoms with Crippen LogP contribution in [0.2, 0.25) is 5.15 Å². The molecule has 3 N–H and O–H groups in total. The second-order valence-corrected chi connectivity index (χ2v) is 11.0. The lowest BCUT2D eigenvalue weighted by atomic mass is 9.98. The summed E-state index contributed by atoms with van der Waals surface area (Å²) in [6, 6.07) is 15.6. The van der Waals surface area contributed by atoms with E-state index in [-0.39, 0.29) is 22.8 Å². The van der Waals surface area contributed by atoms with E-state index in [2.05, 4.69) is 37.4 Å². The van der Waals surface area contributed by atoms with Gasteiger partial charge in [-0.2, -0.15) is 5.21 Å². The zero-order chi connectivity index (χ0) is 33.8. The summed E-state index contributed by atoms with van der Waals surface area (Å²) in [5.41, 5.74) is 3.67. The zero-order valence-corrected chi connectivity index (χ0v) is 27.1. The summed E-state index contributed by atoms with van der Waals surface area (Å²) in [6.45, 7) is 5.46. The lowest BCUT2D eigenvalue weighted by Crippen LogP contribution is -2.24. The Morgan fingerprint density at radius 2 is 1.77 bits per heavy atom. The molecule has 0 radical (unpaired) electrons. The van der Waals surface area contributed by atoms with Crippen LogP contribution in [-0.2, 0) is 32.0 Å². The third-order valence-corrected chi connectivity index (χ3v) is 7.37. The summed E-state index contributed by atoms with van der Waals surface area (Å²) < 4.78 is 17.3. The number of aryl methyl sites for hydroxylation is 1. The van der Waals surface area contributed by atoms with Gasteiger partial charge in [0.1, 0.15) is 5.82 Å². The standard InChI is InChI=1S/C31H38ClN7O8/c1-4-5-13-26-33-28(32)27(30(40)45-21(3)46-31(41)44-18-9-8-10-20(2)47-39(42)43)38(26)19-22-14-16-23(17-15-22)24-11-6-7-12-25(24)29-34-36-37-35-29/h6-7,11-12,14-17,20-21,42-43H,4-5,8-10,13,18-19H2,1-3H3,(H,34,35,36,37)/t20-,21?/m0/s1. The van der Waals surface area contributed by atoms with Crippen LogP contribution in [0.3, 0.4) is 0 Å². The number of tetrazole rings is 1. The number of esters is 1. The minimum atomic E-state index is -1.26. The van der Waals surface area contributed by atoms with Crippen LogP contribution >= 0.6 is 11.6 Å². The number of rotatable bonds is 17. The minimum absolute atomic E-state index is 0.00901. The van der Waals surface area contributed by atoms with E-state index in [1.54, 1.807) is 11.5 Å². The van der Waals surface area contributed by atoms with Gasteiger partial charge in [-0.3, -0.25) is 10.4 Å². The molecule has 2 aromatic carbocycles. The number of ether oxygens (including phenoxy) is 3. The van der Waals surface area contributed by atoms with E-state index < -0.39 is 24.5 Å². The lowest BCUT2D eigenvalue weighted by Gasteiger charge is -2.16. The van der Waals surface area contributed by atoms with Crippen LogP contribution in [0.25, 0.3) is 22.5 Å². The predicted molar refractivity (Wildman–Crippen MR) is 167 cm³/mol. The fourth-order valence-corrected chi connectivity index (χ4v) is 5.12. The van der Waals surface area contributed by atoms with Crippen LogP contribution in [0.1, 0.15) is 74.8 Å². The van der Waals surface area contributed by atoms with E-state index in [9.17, 15) is 9.59 Å². The van der Waals surface area contributed by atoms with E-state index in [1.165, 1.54) is 6.92 Å². The molecule has 0 spiro atoms. The van der Waals surface area contributed by atoms with Gasteiger partial charge in [0, 0.05) is 25.5 Å². The van der Waals surface area contributed by atoms with Gasteiger partial charge in [0.25, 0.3) is 0 Å². The van der Waals surface area contributed by atoms with Gasteiger partial charge in [0.15, 0.2) is 10.8 Å². The first kappa shape index (κ1) is 35.4. The Morgan fingerprint density at radius 3 is 2.45 bits per heavy atom. The van der Waals surface area contributed by atoms with Crippen molar-refractivity contribution >= 4 is 23.7 Å². The highest BCUT2D eigenvalue weighted by molar-refractivity contribution is 6.32. The summed E-state index contributed by atoms with van der Waals surface area (Å²) >= 11 is 6.48. The van der Waals surface area contributed by atoms with Gasteiger partial charge in [-0.1, -0.05) is 73.5 Å². The number of hydrogen-bond acceptors (Lipinski definition) is 13. The van der Waals surface area contributed by atoms with Crippen LogP contribution < -0.4 is 0 Å². The van der Waals surface area contributed by atoms with Gasteiger partial charge < -0.3 is 18.8 Å². The van der Waals surface area contributed by atoms with Crippen molar-refractivity contribution in [3.05, 3.63) is 70.8 Å². The van der Waals surface area contributed by atoms with E-state index in [4.69, 9.17) is 36.2 Å². The SMILES string of the molecule is CCCCc1nc(Cl)c(C(=O)OC(C)OC(=O)OCCCC[C@H](C)ON(O)O)n1Cc1ccc(-c2ccccc2-c2nn[nH]n2)cc1. The highest BCUT2D eigenvalue weighted by Crippen LogP contribution is 2.30. The van der Waals surface area contributed by atoms with Gasteiger partial charge in [0.05, 0.1) is 18.1 Å². The molecule has 4 rings (SSSR count). The van der Waals surface area contributed by atoms with Gasteiger partial charge in [-0.25, -0.2) is 19.4 Å². The largest absolute Gasteiger partial charge is 0.511 e. The summed E-state index contributed by atoms with van der Waals surface area (Å²) in [4.78, 5) is 34.6. The number of halogens is 1. The van der Waals surface area contributed by atoms with Crippen molar-refractivity contribution in [2.75, 3.05) is 6.61 Å². The fourth-order valence-electron chi connectivity index (χ4n) is 4.84. The van der Waals surface area contributed by atoms with Crippen molar-refractivity contribution in [3.8, 4) is 22.5 Å². The third kappa shape index (κ3) is 10.3. The zero-order valence-electron chi connectivity index (χ0n) is 26.3. The Bertz CT molecular complexity index is 1580. The molecule has 0 aliphatic rings. The van der Waals surface area contributed by atoms with Gasteiger partial charge in [-0.05, 0) is 54.5 Å². The average Bonchev–Trinajstić information content (AvgIpc) is 3.68. The molecule has 47 heavy (non-hydrogen) atoms. The molecule has 0 saturated heterocycles. The molecule has 2 aromatic heterocycles. The molecular weight excluding hydrogens is 634 g/mol. The number of unbranched alkanes of at least 4 members (excludes halogenated alkanes) is 2. The Kier molecular flexibility index (Phi) is 13.2. The molecule has 0 bridgehead atoms. The maximum Gasteiger partial charge on any atom is 0.511 e. The second kappa shape index (κ2) is 17.5. The summed E-state index contributed by atoms with van der Waals surface area (Å²) in [6.07, 6.45) is 1.22. The third-order valence-electron chi connectivity index (χ3n) is 7.10. The molecule has 2 heterocycles. The molecule has 252 valence electrons. The number of hydrogen-bond donors (Lipinski definition) is 3. The molecule has 1 unspecified atom stereocenters. The first-order chi connectivity index (χ1) is 22.7. The monoisotopic (exact) mass is 671 g/mol. The number of nitrogens with zero attached hydrogens (tertiary/aromatic N) is 6. The summed E-state index contributed by atoms with van der Waals surface area (Å²) in [5.74, 6) is 0.324. The number of aromatic amines is 1.